The molecule has 0 spiro atoms. The number of rotatable bonds is 5. The Morgan fingerprint density at radius 1 is 1.33 bits per heavy atom. The molecule has 21 heavy (non-hydrogen) atoms. The third-order valence-corrected chi connectivity index (χ3v) is 4.84. The van der Waals surface area contributed by atoms with Gasteiger partial charge in [0.15, 0.2) is 0 Å². The summed E-state index contributed by atoms with van der Waals surface area (Å²) in [6, 6.07) is 8.67. The molecule has 2 N–H and O–H groups in total. The fraction of sp³-hybridized carbons (Fsp3) is 0.467. The van der Waals surface area contributed by atoms with Gasteiger partial charge in [0.25, 0.3) is 0 Å². The first-order valence-electron chi connectivity index (χ1n) is 6.99. The number of urea groups is 1. The van der Waals surface area contributed by atoms with Gasteiger partial charge < -0.3 is 10.4 Å². The Morgan fingerprint density at radius 3 is 2.67 bits per heavy atom. The number of carbonyl (C=O) groups is 2. The summed E-state index contributed by atoms with van der Waals surface area (Å²) in [5.74, 6) is -1.03. The van der Waals surface area contributed by atoms with Crippen molar-refractivity contribution in [3.63, 3.8) is 0 Å². The number of nitrogens with one attached hydrogen (secondary N) is 1. The number of anilines is 1. The van der Waals surface area contributed by atoms with Gasteiger partial charge in [-0.2, -0.15) is 11.8 Å². The standard InChI is InChI=1S/C15H20N2O3S/c1-21-13-9-5-8-12(13)16-15(20)17(10-14(18)19)11-6-3-2-4-7-11/h2-4,6-7,12-13H,5,8-10H2,1H3,(H,16,20)(H,18,19). The number of hydrogen-bond acceptors (Lipinski definition) is 3. The van der Waals surface area contributed by atoms with Crippen molar-refractivity contribution < 1.29 is 14.7 Å². The number of nitrogens with zero attached hydrogens (tertiary/aromatic N) is 1. The molecule has 2 rings (SSSR count). The summed E-state index contributed by atoms with van der Waals surface area (Å²) in [7, 11) is 0. The van der Waals surface area contributed by atoms with E-state index >= 15 is 0 Å². The molecule has 114 valence electrons. The summed E-state index contributed by atoms with van der Waals surface area (Å²) in [6.07, 6.45) is 5.19. The molecule has 0 bridgehead atoms. The fourth-order valence-corrected chi connectivity index (χ4v) is 3.57. The number of carboxylic acid groups (broad SMARTS) is 1. The second kappa shape index (κ2) is 7.36. The fourth-order valence-electron chi connectivity index (χ4n) is 2.63. The predicted molar refractivity (Wildman–Crippen MR) is 84.9 cm³/mol. The lowest BCUT2D eigenvalue weighted by molar-refractivity contribution is -0.135. The van der Waals surface area contributed by atoms with Crippen molar-refractivity contribution in [2.75, 3.05) is 17.7 Å². The van der Waals surface area contributed by atoms with Crippen molar-refractivity contribution in [1.29, 1.82) is 0 Å². The maximum Gasteiger partial charge on any atom is 0.323 e. The van der Waals surface area contributed by atoms with Crippen LogP contribution < -0.4 is 10.2 Å². The number of amides is 2. The zero-order chi connectivity index (χ0) is 15.2. The summed E-state index contributed by atoms with van der Waals surface area (Å²) in [5, 5.41) is 12.4. The van der Waals surface area contributed by atoms with Crippen molar-refractivity contribution in [2.24, 2.45) is 0 Å². The lowest BCUT2D eigenvalue weighted by atomic mass is 10.2. The van der Waals surface area contributed by atoms with Gasteiger partial charge in [-0.25, -0.2) is 4.79 Å². The molecule has 0 aliphatic heterocycles. The molecule has 5 nitrogen and oxygen atoms in total. The Labute approximate surface area is 128 Å². The highest BCUT2D eigenvalue weighted by molar-refractivity contribution is 7.99. The average molecular weight is 308 g/mol. The number of hydrogen-bond donors (Lipinski definition) is 2. The molecular weight excluding hydrogens is 288 g/mol. The molecule has 1 aliphatic carbocycles. The van der Waals surface area contributed by atoms with Crippen molar-refractivity contribution in [3.05, 3.63) is 30.3 Å². The van der Waals surface area contributed by atoms with E-state index in [1.165, 1.54) is 4.90 Å². The lowest BCUT2D eigenvalue weighted by Gasteiger charge is -2.26. The zero-order valence-corrected chi connectivity index (χ0v) is 12.8. The van der Waals surface area contributed by atoms with Gasteiger partial charge in [-0.15, -0.1) is 0 Å². The van der Waals surface area contributed by atoms with Crippen LogP contribution in [0, 0.1) is 0 Å². The molecule has 6 heteroatoms. The van der Waals surface area contributed by atoms with E-state index in [1.54, 1.807) is 36.0 Å². The van der Waals surface area contributed by atoms with Crippen LogP contribution in [0.15, 0.2) is 30.3 Å². The minimum absolute atomic E-state index is 0.118. The smallest absolute Gasteiger partial charge is 0.323 e. The average Bonchev–Trinajstić information content (AvgIpc) is 2.92. The van der Waals surface area contributed by atoms with E-state index < -0.39 is 5.97 Å². The summed E-state index contributed by atoms with van der Waals surface area (Å²) >= 11 is 1.75. The third-order valence-electron chi connectivity index (χ3n) is 3.67. The van der Waals surface area contributed by atoms with Crippen LogP contribution in [0.25, 0.3) is 0 Å². The van der Waals surface area contributed by atoms with Crippen LogP contribution in [-0.2, 0) is 4.79 Å². The molecule has 2 unspecified atom stereocenters. The monoisotopic (exact) mass is 308 g/mol. The first kappa shape index (κ1) is 15.7. The maximum atomic E-state index is 12.4. The van der Waals surface area contributed by atoms with E-state index in [0.29, 0.717) is 10.9 Å². The van der Waals surface area contributed by atoms with Crippen LogP contribution in [0.4, 0.5) is 10.5 Å². The topological polar surface area (TPSA) is 69.6 Å². The summed E-state index contributed by atoms with van der Waals surface area (Å²) in [6.45, 7) is -0.341. The van der Waals surface area contributed by atoms with E-state index in [4.69, 9.17) is 5.11 Å². The molecule has 0 aromatic heterocycles. The number of carboxylic acids is 1. The quantitative estimate of drug-likeness (QED) is 0.877. The molecule has 1 aromatic rings. The van der Waals surface area contributed by atoms with Crippen LogP contribution >= 0.6 is 11.8 Å². The Bertz CT molecular complexity index is 495. The summed E-state index contributed by atoms with van der Waals surface area (Å²) in [4.78, 5) is 24.7. The van der Waals surface area contributed by atoms with E-state index in [9.17, 15) is 9.59 Å². The second-order valence-electron chi connectivity index (χ2n) is 5.08. The van der Waals surface area contributed by atoms with E-state index in [-0.39, 0.29) is 18.6 Å². The van der Waals surface area contributed by atoms with Crippen LogP contribution in [0.3, 0.4) is 0 Å². The van der Waals surface area contributed by atoms with E-state index in [0.717, 1.165) is 19.3 Å². The van der Waals surface area contributed by atoms with Crippen molar-refractivity contribution in [1.82, 2.24) is 5.32 Å². The lowest BCUT2D eigenvalue weighted by Crippen LogP contribution is -2.48. The van der Waals surface area contributed by atoms with Crippen LogP contribution in [0.1, 0.15) is 19.3 Å². The largest absolute Gasteiger partial charge is 0.480 e. The number of thioether (sulfide) groups is 1. The van der Waals surface area contributed by atoms with Gasteiger partial charge in [0.05, 0.1) is 0 Å². The predicted octanol–water partition coefficient (Wildman–Crippen LogP) is 2.57. The minimum Gasteiger partial charge on any atom is -0.480 e. The molecular formula is C15H20N2O3S. The van der Waals surface area contributed by atoms with Gasteiger partial charge in [0, 0.05) is 17.0 Å². The highest BCUT2D eigenvalue weighted by Gasteiger charge is 2.30. The Hall–Kier alpha value is -1.69. The highest BCUT2D eigenvalue weighted by Crippen LogP contribution is 2.28. The van der Waals surface area contributed by atoms with Crippen LogP contribution in [-0.4, -0.2) is 41.2 Å². The summed E-state index contributed by atoms with van der Waals surface area (Å²) in [5.41, 5.74) is 0.594. The molecule has 1 saturated carbocycles. The van der Waals surface area contributed by atoms with Gasteiger partial charge in [-0.05, 0) is 31.2 Å². The Balaban J connectivity index is 2.09. The number of para-hydroxylation sites is 1. The Morgan fingerprint density at radius 2 is 2.05 bits per heavy atom. The normalized spacial score (nSPS) is 21.0. The molecule has 2 atom stereocenters. The first-order chi connectivity index (χ1) is 10.1. The van der Waals surface area contributed by atoms with Crippen LogP contribution in [0.2, 0.25) is 0 Å². The molecule has 1 aromatic carbocycles. The summed E-state index contributed by atoms with van der Waals surface area (Å²) < 4.78 is 0. The molecule has 0 saturated heterocycles. The van der Waals surface area contributed by atoms with E-state index in [2.05, 4.69) is 5.32 Å². The molecule has 1 fully saturated rings. The highest BCUT2D eigenvalue weighted by atomic mass is 32.2. The third kappa shape index (κ3) is 4.14. The van der Waals surface area contributed by atoms with Crippen molar-refractivity contribution in [2.45, 2.75) is 30.6 Å². The van der Waals surface area contributed by atoms with Gasteiger partial charge in [-0.1, -0.05) is 24.6 Å². The van der Waals surface area contributed by atoms with Gasteiger partial charge in [0.1, 0.15) is 6.54 Å². The van der Waals surface area contributed by atoms with Gasteiger partial charge in [0.2, 0.25) is 0 Å². The van der Waals surface area contributed by atoms with Crippen LogP contribution in [0.5, 0.6) is 0 Å². The molecule has 0 radical (unpaired) electrons. The zero-order valence-electron chi connectivity index (χ0n) is 12.0. The van der Waals surface area contributed by atoms with Gasteiger partial charge >= 0.3 is 12.0 Å². The van der Waals surface area contributed by atoms with Crippen molar-refractivity contribution in [3.8, 4) is 0 Å². The second-order valence-corrected chi connectivity index (χ2v) is 6.15. The molecule has 2 amide bonds. The van der Waals surface area contributed by atoms with Crippen molar-refractivity contribution >= 4 is 29.4 Å². The molecule has 1 aliphatic rings. The number of carbonyl (C=O) groups excluding carboxylic acids is 1. The number of aliphatic carboxylic acids is 1. The molecule has 0 heterocycles. The van der Waals surface area contributed by atoms with Gasteiger partial charge in [-0.3, -0.25) is 9.69 Å². The minimum atomic E-state index is -1.03. The van der Waals surface area contributed by atoms with E-state index in [1.807, 2.05) is 12.3 Å². The SMILES string of the molecule is CSC1CCCC1NC(=O)N(CC(=O)O)c1ccccc1. The Kier molecular flexibility index (Phi) is 5.50. The maximum absolute atomic E-state index is 12.4. The number of benzene rings is 1. The first-order valence-corrected chi connectivity index (χ1v) is 8.28.